The summed E-state index contributed by atoms with van der Waals surface area (Å²) in [6.07, 6.45) is 0.158. The lowest BCUT2D eigenvalue weighted by molar-refractivity contribution is -0.137. The highest BCUT2D eigenvalue weighted by Gasteiger charge is 2.31. The summed E-state index contributed by atoms with van der Waals surface area (Å²) in [5.74, 6) is 0. The first-order chi connectivity index (χ1) is 9.86. The van der Waals surface area contributed by atoms with Gasteiger partial charge in [-0.1, -0.05) is 15.9 Å². The molecule has 1 unspecified atom stereocenters. The van der Waals surface area contributed by atoms with Crippen LogP contribution in [0.25, 0.3) is 5.69 Å². The minimum Gasteiger partial charge on any atom is -0.324 e. The van der Waals surface area contributed by atoms with Crippen molar-refractivity contribution in [2.75, 3.05) is 0 Å². The number of hydrogen-bond donors (Lipinski definition) is 1. The van der Waals surface area contributed by atoms with Crippen LogP contribution in [0.5, 0.6) is 0 Å². The molecule has 0 spiro atoms. The number of benzene rings is 1. The second kappa shape index (κ2) is 5.18. The molecule has 3 rings (SSSR count). The third-order valence-corrected chi connectivity index (χ3v) is 4.30. The summed E-state index contributed by atoms with van der Waals surface area (Å²) >= 11 is 3.16. The first-order valence-corrected chi connectivity index (χ1v) is 7.49. The second-order valence-electron chi connectivity index (χ2n) is 5.28. The van der Waals surface area contributed by atoms with Crippen molar-refractivity contribution in [3.8, 4) is 5.69 Å². The van der Waals surface area contributed by atoms with Crippen LogP contribution in [0.3, 0.4) is 0 Å². The van der Waals surface area contributed by atoms with Crippen LogP contribution in [0.4, 0.5) is 13.2 Å². The van der Waals surface area contributed by atoms with Crippen molar-refractivity contribution >= 4 is 15.9 Å². The van der Waals surface area contributed by atoms with Gasteiger partial charge in [0, 0.05) is 28.1 Å². The van der Waals surface area contributed by atoms with Crippen molar-refractivity contribution < 1.29 is 13.2 Å². The van der Waals surface area contributed by atoms with E-state index >= 15 is 0 Å². The molecule has 2 N–H and O–H groups in total. The van der Waals surface area contributed by atoms with Crippen LogP contribution in [0, 0.1) is 0 Å². The second-order valence-corrected chi connectivity index (χ2v) is 6.20. The minimum absolute atomic E-state index is 0.0239. The van der Waals surface area contributed by atoms with Gasteiger partial charge >= 0.3 is 6.18 Å². The lowest BCUT2D eigenvalue weighted by Gasteiger charge is -2.21. The van der Waals surface area contributed by atoms with Gasteiger partial charge in [0.2, 0.25) is 0 Å². The van der Waals surface area contributed by atoms with E-state index in [1.54, 1.807) is 12.3 Å². The number of aromatic nitrogens is 1. The summed E-state index contributed by atoms with van der Waals surface area (Å²) in [5, 5.41) is 0. The number of halogens is 4. The largest absolute Gasteiger partial charge is 0.416 e. The van der Waals surface area contributed by atoms with E-state index in [1.165, 1.54) is 6.07 Å². The molecule has 1 aliphatic rings. The smallest absolute Gasteiger partial charge is 0.324 e. The Kier molecular flexibility index (Phi) is 3.61. The highest BCUT2D eigenvalue weighted by Crippen LogP contribution is 2.35. The van der Waals surface area contributed by atoms with E-state index in [0.717, 1.165) is 36.6 Å². The Hall–Kier alpha value is -1.27. The first kappa shape index (κ1) is 14.7. The van der Waals surface area contributed by atoms with Gasteiger partial charge in [-0.15, -0.1) is 0 Å². The van der Waals surface area contributed by atoms with Gasteiger partial charge in [0.1, 0.15) is 0 Å². The molecular formula is C15H14BrF3N2. The van der Waals surface area contributed by atoms with Gasteiger partial charge in [-0.25, -0.2) is 0 Å². The third-order valence-electron chi connectivity index (χ3n) is 3.84. The molecule has 1 heterocycles. The minimum atomic E-state index is -4.36. The number of hydrogen-bond acceptors (Lipinski definition) is 1. The summed E-state index contributed by atoms with van der Waals surface area (Å²) in [6.45, 7) is 0. The van der Waals surface area contributed by atoms with E-state index < -0.39 is 11.7 Å². The van der Waals surface area contributed by atoms with Crippen LogP contribution in [-0.2, 0) is 12.6 Å². The summed E-state index contributed by atoms with van der Waals surface area (Å²) in [7, 11) is 0. The van der Waals surface area contributed by atoms with Gasteiger partial charge < -0.3 is 10.3 Å². The van der Waals surface area contributed by atoms with Crippen LogP contribution in [0.1, 0.15) is 35.7 Å². The monoisotopic (exact) mass is 358 g/mol. The zero-order chi connectivity index (χ0) is 15.2. The molecule has 0 fully saturated rings. The molecule has 1 aliphatic carbocycles. The van der Waals surface area contributed by atoms with Crippen LogP contribution in [0.2, 0.25) is 0 Å². The summed E-state index contributed by atoms with van der Waals surface area (Å²) in [4.78, 5) is 0. The Morgan fingerprint density at radius 2 is 2.00 bits per heavy atom. The van der Waals surface area contributed by atoms with Crippen LogP contribution >= 0.6 is 15.9 Å². The SMILES string of the molecule is NC1CCCc2c1ccn2-c1cc(Br)cc(C(F)(F)F)c1. The fourth-order valence-electron chi connectivity index (χ4n) is 2.85. The number of nitrogens with zero attached hydrogens (tertiary/aromatic N) is 1. The van der Waals surface area contributed by atoms with Gasteiger partial charge in [-0.3, -0.25) is 0 Å². The van der Waals surface area contributed by atoms with Crippen molar-refractivity contribution in [2.45, 2.75) is 31.5 Å². The lowest BCUT2D eigenvalue weighted by Crippen LogP contribution is -2.18. The molecule has 1 aromatic carbocycles. The molecule has 0 saturated heterocycles. The molecule has 0 bridgehead atoms. The van der Waals surface area contributed by atoms with Crippen LogP contribution in [-0.4, -0.2) is 4.57 Å². The lowest BCUT2D eigenvalue weighted by atomic mass is 9.93. The number of fused-ring (bicyclic) bond motifs is 1. The third kappa shape index (κ3) is 2.74. The molecule has 0 amide bonds. The molecule has 6 heteroatoms. The van der Waals surface area contributed by atoms with E-state index in [9.17, 15) is 13.2 Å². The summed E-state index contributed by atoms with van der Waals surface area (Å²) in [5.41, 5.74) is 7.96. The molecule has 2 nitrogen and oxygen atoms in total. The van der Waals surface area contributed by atoms with Crippen LogP contribution in [0.15, 0.2) is 34.9 Å². The van der Waals surface area contributed by atoms with Gasteiger partial charge in [-0.2, -0.15) is 13.2 Å². The molecule has 21 heavy (non-hydrogen) atoms. The molecule has 2 aromatic rings. The molecule has 112 valence electrons. The fraction of sp³-hybridized carbons (Fsp3) is 0.333. The number of nitrogens with two attached hydrogens (primary N) is 1. The fourth-order valence-corrected chi connectivity index (χ4v) is 3.33. The Bertz CT molecular complexity index is 676. The Balaban J connectivity index is 2.11. The summed E-state index contributed by atoms with van der Waals surface area (Å²) < 4.78 is 41.0. The van der Waals surface area contributed by atoms with E-state index in [4.69, 9.17) is 5.73 Å². The Labute approximate surface area is 128 Å². The van der Waals surface area contributed by atoms with Crippen molar-refractivity contribution in [1.29, 1.82) is 0 Å². The highest BCUT2D eigenvalue weighted by molar-refractivity contribution is 9.10. The van der Waals surface area contributed by atoms with Gasteiger partial charge in [0.25, 0.3) is 0 Å². The zero-order valence-electron chi connectivity index (χ0n) is 11.1. The molecule has 0 radical (unpaired) electrons. The normalized spacial score (nSPS) is 18.6. The van der Waals surface area contributed by atoms with E-state index in [2.05, 4.69) is 15.9 Å². The maximum absolute atomic E-state index is 12.9. The zero-order valence-corrected chi connectivity index (χ0v) is 12.7. The predicted octanol–water partition coefficient (Wildman–Crippen LogP) is 4.59. The van der Waals surface area contributed by atoms with E-state index in [0.29, 0.717) is 10.2 Å². The van der Waals surface area contributed by atoms with Gasteiger partial charge in [0.15, 0.2) is 0 Å². The van der Waals surface area contributed by atoms with Crippen LogP contribution < -0.4 is 5.73 Å². The quantitative estimate of drug-likeness (QED) is 0.793. The number of alkyl halides is 3. The van der Waals surface area contributed by atoms with Crippen molar-refractivity contribution in [1.82, 2.24) is 4.57 Å². The average Bonchev–Trinajstić information content (AvgIpc) is 2.82. The van der Waals surface area contributed by atoms with Gasteiger partial charge in [0.05, 0.1) is 5.56 Å². The highest BCUT2D eigenvalue weighted by atomic mass is 79.9. The standard InChI is InChI=1S/C15H14BrF3N2/c16-10-6-9(15(17,18)19)7-11(8-10)21-5-4-12-13(20)2-1-3-14(12)21/h4-8,13H,1-3,20H2. The van der Waals surface area contributed by atoms with E-state index in [1.807, 2.05) is 10.6 Å². The Morgan fingerprint density at radius 1 is 1.24 bits per heavy atom. The molecular weight excluding hydrogens is 345 g/mol. The number of rotatable bonds is 1. The molecule has 0 aliphatic heterocycles. The molecule has 0 saturated carbocycles. The maximum Gasteiger partial charge on any atom is 0.416 e. The van der Waals surface area contributed by atoms with Crippen molar-refractivity contribution in [3.63, 3.8) is 0 Å². The van der Waals surface area contributed by atoms with Crippen molar-refractivity contribution in [3.05, 3.63) is 51.8 Å². The topological polar surface area (TPSA) is 30.9 Å². The maximum atomic E-state index is 12.9. The molecule has 1 aromatic heterocycles. The first-order valence-electron chi connectivity index (χ1n) is 6.70. The van der Waals surface area contributed by atoms with Crippen molar-refractivity contribution in [2.24, 2.45) is 5.73 Å². The average molecular weight is 359 g/mol. The molecule has 1 atom stereocenters. The summed E-state index contributed by atoms with van der Waals surface area (Å²) in [6, 6.07) is 5.84. The predicted molar refractivity (Wildman–Crippen MR) is 78.3 cm³/mol. The van der Waals surface area contributed by atoms with E-state index in [-0.39, 0.29) is 6.04 Å². The Morgan fingerprint density at radius 3 is 2.71 bits per heavy atom. The van der Waals surface area contributed by atoms with Gasteiger partial charge in [-0.05, 0) is 49.1 Å².